The number of halogens is 1. The molecule has 20 heavy (non-hydrogen) atoms. The summed E-state index contributed by atoms with van der Waals surface area (Å²) < 4.78 is 1.11. The lowest BCUT2D eigenvalue weighted by molar-refractivity contribution is 0.674. The van der Waals surface area contributed by atoms with Gasteiger partial charge in [-0.15, -0.1) is 11.3 Å². The summed E-state index contributed by atoms with van der Waals surface area (Å²) in [5.74, 6) is 0. The molecule has 0 saturated carbocycles. The Balaban J connectivity index is 2.21. The van der Waals surface area contributed by atoms with E-state index < -0.39 is 0 Å². The van der Waals surface area contributed by atoms with Gasteiger partial charge in [-0.3, -0.25) is 0 Å². The van der Waals surface area contributed by atoms with E-state index >= 15 is 0 Å². The second-order valence-corrected chi connectivity index (χ2v) is 6.82. The number of rotatable bonds is 7. The maximum absolute atomic E-state index is 4.84. The minimum atomic E-state index is 0.942. The molecule has 2 rings (SSSR count). The fourth-order valence-corrected chi connectivity index (χ4v) is 3.40. The second kappa shape index (κ2) is 7.91. The summed E-state index contributed by atoms with van der Waals surface area (Å²) in [6.07, 6.45) is 3.38. The lowest BCUT2D eigenvalue weighted by atomic mass is 10.2. The summed E-state index contributed by atoms with van der Waals surface area (Å²) in [5, 5.41) is 4.62. The largest absolute Gasteiger partial charge is 0.312 e. The molecule has 1 N–H and O–H groups in total. The van der Waals surface area contributed by atoms with Gasteiger partial charge in [-0.2, -0.15) is 0 Å². The molecule has 0 spiro atoms. The molecular formula is C16H21BrN2S. The van der Waals surface area contributed by atoms with E-state index in [0.29, 0.717) is 0 Å². The van der Waals surface area contributed by atoms with Crippen molar-refractivity contribution < 1.29 is 0 Å². The van der Waals surface area contributed by atoms with Crippen LogP contribution >= 0.6 is 27.3 Å². The van der Waals surface area contributed by atoms with Crippen LogP contribution in [0.3, 0.4) is 0 Å². The first-order valence-electron chi connectivity index (χ1n) is 7.19. The monoisotopic (exact) mass is 352 g/mol. The zero-order valence-electron chi connectivity index (χ0n) is 12.1. The molecule has 1 heterocycles. The Labute approximate surface area is 133 Å². The molecule has 1 aromatic heterocycles. The van der Waals surface area contributed by atoms with Crippen molar-refractivity contribution in [1.29, 1.82) is 0 Å². The summed E-state index contributed by atoms with van der Waals surface area (Å²) in [7, 11) is 0. The number of thiazole rings is 1. The topological polar surface area (TPSA) is 24.9 Å². The minimum Gasteiger partial charge on any atom is -0.312 e. The van der Waals surface area contributed by atoms with Crippen molar-refractivity contribution in [2.45, 2.75) is 39.7 Å². The van der Waals surface area contributed by atoms with Gasteiger partial charge in [-0.25, -0.2) is 4.98 Å². The van der Waals surface area contributed by atoms with Gasteiger partial charge in [0.25, 0.3) is 0 Å². The molecule has 0 atom stereocenters. The van der Waals surface area contributed by atoms with Crippen LogP contribution in [0.4, 0.5) is 0 Å². The maximum atomic E-state index is 4.84. The molecule has 0 amide bonds. The third-order valence-electron chi connectivity index (χ3n) is 3.07. The van der Waals surface area contributed by atoms with E-state index in [1.807, 2.05) is 11.3 Å². The van der Waals surface area contributed by atoms with Crippen molar-refractivity contribution in [2.24, 2.45) is 0 Å². The fourth-order valence-electron chi connectivity index (χ4n) is 2.05. The highest BCUT2D eigenvalue weighted by molar-refractivity contribution is 9.10. The van der Waals surface area contributed by atoms with Gasteiger partial charge >= 0.3 is 0 Å². The van der Waals surface area contributed by atoms with Crippen LogP contribution < -0.4 is 5.32 Å². The average Bonchev–Trinajstić information content (AvgIpc) is 2.84. The van der Waals surface area contributed by atoms with Crippen molar-refractivity contribution in [2.75, 3.05) is 6.54 Å². The van der Waals surface area contributed by atoms with E-state index in [1.165, 1.54) is 22.6 Å². The molecular weight excluding hydrogens is 332 g/mol. The first kappa shape index (κ1) is 15.7. The van der Waals surface area contributed by atoms with Crippen LogP contribution in [0.25, 0.3) is 10.6 Å². The molecule has 0 radical (unpaired) electrons. The van der Waals surface area contributed by atoms with E-state index in [1.54, 1.807) is 0 Å². The molecule has 4 heteroatoms. The van der Waals surface area contributed by atoms with E-state index in [9.17, 15) is 0 Å². The zero-order valence-corrected chi connectivity index (χ0v) is 14.5. The number of benzene rings is 1. The van der Waals surface area contributed by atoms with E-state index in [-0.39, 0.29) is 0 Å². The van der Waals surface area contributed by atoms with Crippen molar-refractivity contribution >= 4 is 27.3 Å². The van der Waals surface area contributed by atoms with Crippen molar-refractivity contribution in [3.05, 3.63) is 39.3 Å². The summed E-state index contributed by atoms with van der Waals surface area (Å²) in [4.78, 5) is 6.23. The third kappa shape index (κ3) is 4.14. The molecule has 0 aliphatic rings. The highest BCUT2D eigenvalue weighted by atomic mass is 79.9. The van der Waals surface area contributed by atoms with Crippen LogP contribution in [-0.2, 0) is 13.0 Å². The number of aryl methyl sites for hydroxylation is 1. The Bertz CT molecular complexity index is 534. The molecule has 0 saturated heterocycles. The summed E-state index contributed by atoms with van der Waals surface area (Å²) in [6, 6.07) is 8.40. The molecule has 108 valence electrons. The SMILES string of the molecule is CCCNCc1sc(-c2ccc(Br)cc2)nc1CCC. The van der Waals surface area contributed by atoms with Gasteiger partial charge in [-0.1, -0.05) is 48.3 Å². The molecule has 0 fully saturated rings. The first-order chi connectivity index (χ1) is 9.74. The van der Waals surface area contributed by atoms with Crippen LogP contribution in [0.5, 0.6) is 0 Å². The maximum Gasteiger partial charge on any atom is 0.123 e. The van der Waals surface area contributed by atoms with Crippen molar-refractivity contribution in [1.82, 2.24) is 10.3 Å². The summed E-state index contributed by atoms with van der Waals surface area (Å²) in [6.45, 7) is 6.41. The van der Waals surface area contributed by atoms with Gasteiger partial charge < -0.3 is 5.32 Å². The number of aromatic nitrogens is 1. The molecule has 1 aromatic carbocycles. The number of hydrogen-bond acceptors (Lipinski definition) is 3. The third-order valence-corrected chi connectivity index (χ3v) is 4.74. The van der Waals surface area contributed by atoms with Crippen LogP contribution in [0.2, 0.25) is 0 Å². The van der Waals surface area contributed by atoms with Crippen LogP contribution in [0.15, 0.2) is 28.7 Å². The Morgan fingerprint density at radius 3 is 2.55 bits per heavy atom. The average molecular weight is 353 g/mol. The molecule has 2 aromatic rings. The van der Waals surface area contributed by atoms with Gasteiger partial charge in [0.05, 0.1) is 5.69 Å². The van der Waals surface area contributed by atoms with Gasteiger partial charge in [0, 0.05) is 21.5 Å². The molecule has 2 nitrogen and oxygen atoms in total. The lowest BCUT2D eigenvalue weighted by Gasteiger charge is -2.02. The number of nitrogens with zero attached hydrogens (tertiary/aromatic N) is 1. The Morgan fingerprint density at radius 2 is 1.90 bits per heavy atom. The molecule has 0 bridgehead atoms. The van der Waals surface area contributed by atoms with Crippen LogP contribution in [0, 0.1) is 0 Å². The highest BCUT2D eigenvalue weighted by Gasteiger charge is 2.11. The van der Waals surface area contributed by atoms with E-state index in [4.69, 9.17) is 4.98 Å². The molecule has 0 aliphatic heterocycles. The Morgan fingerprint density at radius 1 is 1.15 bits per heavy atom. The van der Waals surface area contributed by atoms with Crippen LogP contribution in [-0.4, -0.2) is 11.5 Å². The number of hydrogen-bond donors (Lipinski definition) is 1. The molecule has 0 aliphatic carbocycles. The number of nitrogens with one attached hydrogen (secondary N) is 1. The Kier molecular flexibility index (Phi) is 6.20. The predicted octanol–water partition coefficient (Wildman–Crippen LogP) is 5.02. The summed E-state index contributed by atoms with van der Waals surface area (Å²) in [5.41, 5.74) is 2.47. The van der Waals surface area contributed by atoms with Gasteiger partial charge in [0.2, 0.25) is 0 Å². The predicted molar refractivity (Wildman–Crippen MR) is 91.2 cm³/mol. The van der Waals surface area contributed by atoms with E-state index in [2.05, 4.69) is 59.4 Å². The fraction of sp³-hybridized carbons (Fsp3) is 0.438. The van der Waals surface area contributed by atoms with Gasteiger partial charge in [0.15, 0.2) is 0 Å². The van der Waals surface area contributed by atoms with Gasteiger partial charge in [0.1, 0.15) is 5.01 Å². The normalized spacial score (nSPS) is 10.9. The second-order valence-electron chi connectivity index (χ2n) is 4.82. The summed E-state index contributed by atoms with van der Waals surface area (Å²) >= 11 is 5.30. The smallest absolute Gasteiger partial charge is 0.123 e. The van der Waals surface area contributed by atoms with Gasteiger partial charge in [-0.05, 0) is 31.5 Å². The minimum absolute atomic E-state index is 0.942. The first-order valence-corrected chi connectivity index (χ1v) is 8.80. The zero-order chi connectivity index (χ0) is 14.4. The molecule has 0 unspecified atom stereocenters. The lowest BCUT2D eigenvalue weighted by Crippen LogP contribution is -2.13. The van der Waals surface area contributed by atoms with Crippen molar-refractivity contribution in [3.63, 3.8) is 0 Å². The standard InChI is InChI=1S/C16H21BrN2S/c1-3-5-14-15(11-18-10-4-2)20-16(19-14)12-6-8-13(17)9-7-12/h6-9,18H,3-5,10-11H2,1-2H3. The van der Waals surface area contributed by atoms with Crippen molar-refractivity contribution in [3.8, 4) is 10.6 Å². The van der Waals surface area contributed by atoms with Crippen LogP contribution in [0.1, 0.15) is 37.3 Å². The van der Waals surface area contributed by atoms with E-state index in [0.717, 1.165) is 35.4 Å². The quantitative estimate of drug-likeness (QED) is 0.707. The highest BCUT2D eigenvalue weighted by Crippen LogP contribution is 2.29. The Hall–Kier alpha value is -0.710.